The second-order valence-electron chi connectivity index (χ2n) is 5.72. The summed E-state index contributed by atoms with van der Waals surface area (Å²) in [5.74, 6) is 0.143. The molecule has 1 heterocycles. The summed E-state index contributed by atoms with van der Waals surface area (Å²) in [5, 5.41) is 10.1. The Bertz CT molecular complexity index is 435. The number of likely N-dealkylation sites (tertiary alicyclic amines) is 1. The van der Waals surface area contributed by atoms with Crippen LogP contribution in [0.2, 0.25) is 0 Å². The van der Waals surface area contributed by atoms with E-state index < -0.39 is 6.10 Å². The van der Waals surface area contributed by atoms with E-state index in [4.69, 9.17) is 4.74 Å². The Morgan fingerprint density at radius 1 is 1.33 bits per heavy atom. The molecule has 0 bridgehead atoms. The predicted molar refractivity (Wildman–Crippen MR) is 82.1 cm³/mol. The number of hydrogen-bond acceptors (Lipinski definition) is 3. The molecule has 1 fully saturated rings. The van der Waals surface area contributed by atoms with E-state index in [1.54, 1.807) is 4.90 Å². The third-order valence-electron chi connectivity index (χ3n) is 4.03. The number of aryl methyl sites for hydroxylation is 1. The van der Waals surface area contributed by atoms with Gasteiger partial charge in [-0.15, -0.1) is 0 Å². The molecule has 21 heavy (non-hydrogen) atoms. The second kappa shape index (κ2) is 8.03. The number of hydrogen-bond donors (Lipinski definition) is 1. The normalized spacial score (nSPS) is 21.5. The molecular weight excluding hydrogens is 266 g/mol. The van der Waals surface area contributed by atoms with Crippen molar-refractivity contribution < 1.29 is 14.6 Å². The highest BCUT2D eigenvalue weighted by atomic mass is 16.6. The van der Waals surface area contributed by atoms with Crippen LogP contribution < -0.4 is 0 Å². The maximum absolute atomic E-state index is 11.9. The molecule has 1 saturated heterocycles. The van der Waals surface area contributed by atoms with Crippen LogP contribution in [0.25, 0.3) is 0 Å². The summed E-state index contributed by atoms with van der Waals surface area (Å²) in [6.07, 6.45) is 3.00. The number of ether oxygens (including phenoxy) is 1. The zero-order valence-corrected chi connectivity index (χ0v) is 12.7. The van der Waals surface area contributed by atoms with Crippen molar-refractivity contribution in [1.82, 2.24) is 4.90 Å². The summed E-state index contributed by atoms with van der Waals surface area (Å²) < 4.78 is 5.20. The maximum Gasteiger partial charge on any atom is 0.409 e. The van der Waals surface area contributed by atoms with E-state index in [1.807, 2.05) is 18.2 Å². The van der Waals surface area contributed by atoms with Crippen LogP contribution in [0.5, 0.6) is 0 Å². The van der Waals surface area contributed by atoms with Crippen LogP contribution in [0, 0.1) is 5.92 Å². The van der Waals surface area contributed by atoms with Crippen LogP contribution >= 0.6 is 0 Å². The Balaban J connectivity index is 1.77. The Morgan fingerprint density at radius 3 is 2.81 bits per heavy atom. The SMILES string of the molecule is CCCCOC(=O)N1CC(O)C(CCc2ccccc2)C1. The molecule has 0 aliphatic carbocycles. The molecule has 1 aliphatic heterocycles. The van der Waals surface area contributed by atoms with Crippen LogP contribution in [0.1, 0.15) is 31.7 Å². The van der Waals surface area contributed by atoms with Crippen molar-refractivity contribution in [3.63, 3.8) is 0 Å². The first-order valence-corrected chi connectivity index (χ1v) is 7.84. The fraction of sp³-hybridized carbons (Fsp3) is 0.588. The van der Waals surface area contributed by atoms with Crippen LogP contribution in [-0.2, 0) is 11.2 Å². The lowest BCUT2D eigenvalue weighted by Gasteiger charge is -2.16. The van der Waals surface area contributed by atoms with E-state index in [0.29, 0.717) is 19.7 Å². The Kier molecular flexibility index (Phi) is 6.05. The van der Waals surface area contributed by atoms with E-state index >= 15 is 0 Å². The zero-order chi connectivity index (χ0) is 15.1. The molecule has 4 heteroatoms. The van der Waals surface area contributed by atoms with Gasteiger partial charge in [0.2, 0.25) is 0 Å². The number of unbranched alkanes of at least 4 members (excludes halogenated alkanes) is 1. The van der Waals surface area contributed by atoms with Gasteiger partial charge in [-0.3, -0.25) is 0 Å². The van der Waals surface area contributed by atoms with Gasteiger partial charge < -0.3 is 14.7 Å². The smallest absolute Gasteiger partial charge is 0.409 e. The van der Waals surface area contributed by atoms with E-state index in [-0.39, 0.29) is 12.0 Å². The molecule has 0 aromatic heterocycles. The number of benzene rings is 1. The molecule has 0 spiro atoms. The van der Waals surface area contributed by atoms with Gasteiger partial charge in [0.1, 0.15) is 0 Å². The lowest BCUT2D eigenvalue weighted by atomic mass is 9.97. The molecule has 1 N–H and O–H groups in total. The van der Waals surface area contributed by atoms with Crippen molar-refractivity contribution in [2.45, 2.75) is 38.7 Å². The first-order chi connectivity index (χ1) is 10.2. The van der Waals surface area contributed by atoms with Crippen LogP contribution in [0.3, 0.4) is 0 Å². The van der Waals surface area contributed by atoms with Crippen LogP contribution in [0.15, 0.2) is 30.3 Å². The fourth-order valence-corrected chi connectivity index (χ4v) is 2.68. The highest BCUT2D eigenvalue weighted by Crippen LogP contribution is 2.23. The molecule has 4 nitrogen and oxygen atoms in total. The predicted octanol–water partition coefficient (Wildman–Crippen LogP) is 2.85. The zero-order valence-electron chi connectivity index (χ0n) is 12.7. The van der Waals surface area contributed by atoms with Gasteiger partial charge in [-0.25, -0.2) is 4.79 Å². The van der Waals surface area contributed by atoms with E-state index in [2.05, 4.69) is 19.1 Å². The van der Waals surface area contributed by atoms with Crippen molar-refractivity contribution in [2.24, 2.45) is 5.92 Å². The van der Waals surface area contributed by atoms with Gasteiger partial charge in [-0.05, 0) is 24.8 Å². The first-order valence-electron chi connectivity index (χ1n) is 7.84. The van der Waals surface area contributed by atoms with Crippen molar-refractivity contribution in [3.05, 3.63) is 35.9 Å². The second-order valence-corrected chi connectivity index (χ2v) is 5.72. The summed E-state index contributed by atoms with van der Waals surface area (Å²) in [6.45, 7) is 3.52. The highest BCUT2D eigenvalue weighted by Gasteiger charge is 2.34. The summed E-state index contributed by atoms with van der Waals surface area (Å²) in [6, 6.07) is 10.2. The molecule has 116 valence electrons. The molecule has 2 unspecified atom stereocenters. The quantitative estimate of drug-likeness (QED) is 0.820. The third kappa shape index (κ3) is 4.74. The lowest BCUT2D eigenvalue weighted by molar-refractivity contribution is 0.101. The van der Waals surface area contributed by atoms with Gasteiger partial charge in [0, 0.05) is 12.5 Å². The van der Waals surface area contributed by atoms with Gasteiger partial charge in [-0.1, -0.05) is 43.7 Å². The Hall–Kier alpha value is -1.55. The van der Waals surface area contributed by atoms with Gasteiger partial charge in [-0.2, -0.15) is 0 Å². The highest BCUT2D eigenvalue weighted by molar-refractivity contribution is 5.68. The number of aliphatic hydroxyl groups excluding tert-OH is 1. The van der Waals surface area contributed by atoms with Gasteiger partial charge in [0.05, 0.1) is 19.3 Å². The third-order valence-corrected chi connectivity index (χ3v) is 4.03. The summed E-state index contributed by atoms with van der Waals surface area (Å²) in [5.41, 5.74) is 1.27. The monoisotopic (exact) mass is 291 g/mol. The van der Waals surface area contributed by atoms with E-state index in [0.717, 1.165) is 25.7 Å². The standard InChI is InChI=1S/C17H25NO3/c1-2-3-11-21-17(20)18-12-15(16(19)13-18)10-9-14-7-5-4-6-8-14/h4-8,15-16,19H,2-3,9-13H2,1H3. The number of β-amino-alcohol motifs (C(OH)–C–C–N with tert-alkyl or cyclic N) is 1. The molecular formula is C17H25NO3. The van der Waals surface area contributed by atoms with Gasteiger partial charge in [0.25, 0.3) is 0 Å². The van der Waals surface area contributed by atoms with Gasteiger partial charge in [0.15, 0.2) is 0 Å². The number of carbonyl (C=O) groups is 1. The molecule has 2 rings (SSSR count). The Labute approximate surface area is 126 Å². The number of aliphatic hydroxyl groups is 1. The topological polar surface area (TPSA) is 49.8 Å². The number of carbonyl (C=O) groups excluding carboxylic acids is 1. The Morgan fingerprint density at radius 2 is 2.10 bits per heavy atom. The molecule has 1 aliphatic rings. The summed E-state index contributed by atoms with van der Waals surface area (Å²) in [7, 11) is 0. The molecule has 0 radical (unpaired) electrons. The summed E-state index contributed by atoms with van der Waals surface area (Å²) >= 11 is 0. The number of amides is 1. The van der Waals surface area contributed by atoms with Crippen molar-refractivity contribution in [1.29, 1.82) is 0 Å². The average molecular weight is 291 g/mol. The minimum atomic E-state index is -0.438. The molecule has 0 saturated carbocycles. The lowest BCUT2D eigenvalue weighted by Crippen LogP contribution is -2.30. The maximum atomic E-state index is 11.9. The first kappa shape index (κ1) is 15.8. The fourth-order valence-electron chi connectivity index (χ4n) is 2.68. The van der Waals surface area contributed by atoms with Crippen molar-refractivity contribution in [2.75, 3.05) is 19.7 Å². The molecule has 1 amide bonds. The van der Waals surface area contributed by atoms with E-state index in [9.17, 15) is 9.90 Å². The average Bonchev–Trinajstić information content (AvgIpc) is 2.88. The minimum Gasteiger partial charge on any atom is -0.449 e. The molecule has 1 aromatic carbocycles. The number of nitrogens with zero attached hydrogens (tertiary/aromatic N) is 1. The molecule has 2 atom stereocenters. The number of rotatable bonds is 6. The minimum absolute atomic E-state index is 0.143. The van der Waals surface area contributed by atoms with Gasteiger partial charge >= 0.3 is 6.09 Å². The van der Waals surface area contributed by atoms with E-state index in [1.165, 1.54) is 5.56 Å². The molecule has 1 aromatic rings. The van der Waals surface area contributed by atoms with Crippen molar-refractivity contribution >= 4 is 6.09 Å². The largest absolute Gasteiger partial charge is 0.449 e. The van der Waals surface area contributed by atoms with Crippen molar-refractivity contribution in [3.8, 4) is 0 Å². The van der Waals surface area contributed by atoms with Crippen LogP contribution in [-0.4, -0.2) is 41.9 Å². The summed E-state index contributed by atoms with van der Waals surface area (Å²) in [4.78, 5) is 13.5. The van der Waals surface area contributed by atoms with Crippen LogP contribution in [0.4, 0.5) is 4.79 Å².